The molecule has 6 heteroatoms. The molecule has 1 aliphatic heterocycles. The van der Waals surface area contributed by atoms with Gasteiger partial charge in [0.1, 0.15) is 40.6 Å². The maximum atomic E-state index is 10.1. The lowest BCUT2D eigenvalue weighted by Crippen LogP contribution is -2.11. The van der Waals surface area contributed by atoms with Crippen LogP contribution in [0.3, 0.4) is 0 Å². The lowest BCUT2D eigenvalue weighted by Gasteiger charge is -2.20. The van der Waals surface area contributed by atoms with Gasteiger partial charge < -0.3 is 30.3 Å². The molecule has 0 fully saturated rings. The Morgan fingerprint density at radius 1 is 0.529 bits per heavy atom. The molecule has 5 rings (SSSR count). The highest BCUT2D eigenvalue weighted by Gasteiger charge is 2.37. The van der Waals surface area contributed by atoms with E-state index in [1.54, 1.807) is 54.6 Å². The van der Waals surface area contributed by atoms with E-state index >= 15 is 0 Å². The summed E-state index contributed by atoms with van der Waals surface area (Å²) in [4.78, 5) is 0. The maximum absolute atomic E-state index is 10.1. The van der Waals surface area contributed by atoms with Crippen LogP contribution >= 0.6 is 0 Å². The number of benzene rings is 4. The van der Waals surface area contributed by atoms with Crippen molar-refractivity contribution < 1.29 is 30.3 Å². The fourth-order valence-corrected chi connectivity index (χ4v) is 4.37. The number of phenols is 5. The number of hydrogen-bond acceptors (Lipinski definition) is 6. The van der Waals surface area contributed by atoms with Crippen molar-refractivity contribution in [1.82, 2.24) is 0 Å². The van der Waals surface area contributed by atoms with E-state index in [4.69, 9.17) is 4.74 Å². The fraction of sp³-hybridized carbons (Fsp3) is 0.0714. The van der Waals surface area contributed by atoms with E-state index in [0.717, 1.165) is 16.7 Å². The number of aromatic hydroxyl groups is 5. The van der Waals surface area contributed by atoms with Crippen molar-refractivity contribution in [3.63, 3.8) is 0 Å². The van der Waals surface area contributed by atoms with Crippen LogP contribution < -0.4 is 4.74 Å². The third kappa shape index (κ3) is 4.21. The highest BCUT2D eigenvalue weighted by molar-refractivity contribution is 5.72. The Hall–Kier alpha value is -4.58. The average molecular weight is 454 g/mol. The molecule has 0 bridgehead atoms. The molecule has 34 heavy (non-hydrogen) atoms. The molecule has 5 N–H and O–H groups in total. The molecule has 6 nitrogen and oxygen atoms in total. The summed E-state index contributed by atoms with van der Waals surface area (Å²) in [5, 5.41) is 49.4. The van der Waals surface area contributed by atoms with E-state index in [2.05, 4.69) is 0 Å². The van der Waals surface area contributed by atoms with Crippen LogP contribution in [-0.2, 0) is 0 Å². The maximum Gasteiger partial charge on any atom is 0.135 e. The van der Waals surface area contributed by atoms with E-state index in [9.17, 15) is 25.5 Å². The standard InChI is InChI=1S/C28H22O6/c29-20-6-4-18(5-7-20)28-27(19-12-23(32)15-24(33)13-19)25-11-16(3-8-26(25)34-28)1-2-17-9-21(30)14-22(31)10-17/h1-15,27-33H/t27-,28+/m1/s1. The summed E-state index contributed by atoms with van der Waals surface area (Å²) in [6.45, 7) is 0. The lowest BCUT2D eigenvalue weighted by atomic mass is 9.84. The highest BCUT2D eigenvalue weighted by Crippen LogP contribution is 2.51. The Kier molecular flexibility index (Phi) is 5.26. The molecule has 1 heterocycles. The highest BCUT2D eigenvalue weighted by atomic mass is 16.5. The molecule has 0 saturated carbocycles. The summed E-state index contributed by atoms with van der Waals surface area (Å²) in [5.74, 6) is 0.357. The molecule has 0 aromatic heterocycles. The van der Waals surface area contributed by atoms with E-state index < -0.39 is 6.10 Å². The summed E-state index contributed by atoms with van der Waals surface area (Å²) in [5.41, 5.74) is 3.92. The van der Waals surface area contributed by atoms with Crippen LogP contribution in [0.2, 0.25) is 0 Å². The van der Waals surface area contributed by atoms with Crippen LogP contribution in [0, 0.1) is 0 Å². The number of fused-ring (bicyclic) bond motifs is 1. The van der Waals surface area contributed by atoms with Crippen molar-refractivity contribution >= 4 is 12.2 Å². The number of phenolic OH excluding ortho intramolecular Hbond substituents is 5. The molecule has 0 saturated heterocycles. The summed E-state index contributed by atoms with van der Waals surface area (Å²) in [7, 11) is 0. The predicted octanol–water partition coefficient (Wildman–Crippen LogP) is 5.65. The molecule has 0 spiro atoms. The van der Waals surface area contributed by atoms with E-state index in [1.807, 2.05) is 24.3 Å². The minimum Gasteiger partial charge on any atom is -0.508 e. The second-order valence-corrected chi connectivity index (χ2v) is 8.30. The molecular formula is C28H22O6. The Morgan fingerprint density at radius 2 is 1.12 bits per heavy atom. The van der Waals surface area contributed by atoms with Gasteiger partial charge in [-0.15, -0.1) is 0 Å². The minimum absolute atomic E-state index is 0.0255. The minimum atomic E-state index is -0.431. The first-order valence-electron chi connectivity index (χ1n) is 10.7. The Balaban J connectivity index is 1.57. The van der Waals surface area contributed by atoms with Crippen LogP contribution in [-0.4, -0.2) is 25.5 Å². The molecule has 4 aromatic rings. The molecule has 0 unspecified atom stereocenters. The molecular weight excluding hydrogens is 432 g/mol. The first kappa shape index (κ1) is 21.3. The molecule has 2 atom stereocenters. The van der Waals surface area contributed by atoms with Crippen LogP contribution in [0.25, 0.3) is 12.2 Å². The number of ether oxygens (including phenoxy) is 1. The van der Waals surface area contributed by atoms with Gasteiger partial charge in [0.15, 0.2) is 0 Å². The van der Waals surface area contributed by atoms with Crippen molar-refractivity contribution in [3.05, 3.63) is 107 Å². The summed E-state index contributed by atoms with van der Waals surface area (Å²) in [6, 6.07) is 21.4. The zero-order valence-electron chi connectivity index (χ0n) is 18.0. The van der Waals surface area contributed by atoms with Crippen molar-refractivity contribution in [2.24, 2.45) is 0 Å². The Morgan fingerprint density at radius 3 is 1.76 bits per heavy atom. The normalized spacial score (nSPS) is 16.9. The third-order valence-corrected chi connectivity index (χ3v) is 5.82. The fourth-order valence-electron chi connectivity index (χ4n) is 4.37. The van der Waals surface area contributed by atoms with Gasteiger partial charge in [-0.05, 0) is 70.8 Å². The SMILES string of the molecule is Oc1ccc([C@@H]2Oc3ccc(C=Cc4cc(O)cc(O)c4)cc3[C@H]2c2cc(O)cc(O)c2)cc1. The van der Waals surface area contributed by atoms with Gasteiger partial charge in [0.2, 0.25) is 0 Å². The van der Waals surface area contributed by atoms with Crippen molar-refractivity contribution in [2.45, 2.75) is 12.0 Å². The second-order valence-electron chi connectivity index (χ2n) is 8.30. The summed E-state index contributed by atoms with van der Waals surface area (Å²) in [6.07, 6.45) is 3.21. The van der Waals surface area contributed by atoms with Gasteiger partial charge in [0.25, 0.3) is 0 Å². The number of hydrogen-bond donors (Lipinski definition) is 5. The number of rotatable bonds is 4. The van der Waals surface area contributed by atoms with Crippen LogP contribution in [0.4, 0.5) is 0 Å². The lowest BCUT2D eigenvalue weighted by molar-refractivity contribution is 0.222. The van der Waals surface area contributed by atoms with Gasteiger partial charge >= 0.3 is 0 Å². The molecule has 0 aliphatic carbocycles. The van der Waals surface area contributed by atoms with Gasteiger partial charge in [-0.2, -0.15) is 0 Å². The predicted molar refractivity (Wildman–Crippen MR) is 128 cm³/mol. The van der Waals surface area contributed by atoms with Gasteiger partial charge in [-0.3, -0.25) is 0 Å². The van der Waals surface area contributed by atoms with Gasteiger partial charge in [-0.25, -0.2) is 0 Å². The molecule has 4 aromatic carbocycles. The molecule has 170 valence electrons. The smallest absolute Gasteiger partial charge is 0.135 e. The molecule has 0 radical (unpaired) electrons. The molecule has 0 amide bonds. The van der Waals surface area contributed by atoms with Crippen LogP contribution in [0.5, 0.6) is 34.5 Å². The van der Waals surface area contributed by atoms with Crippen molar-refractivity contribution in [2.75, 3.05) is 0 Å². The van der Waals surface area contributed by atoms with Crippen LogP contribution in [0.15, 0.2) is 78.9 Å². The first-order chi connectivity index (χ1) is 16.4. The zero-order valence-corrected chi connectivity index (χ0v) is 18.0. The summed E-state index contributed by atoms with van der Waals surface area (Å²) >= 11 is 0. The zero-order chi connectivity index (χ0) is 23.8. The van der Waals surface area contributed by atoms with Crippen LogP contribution in [0.1, 0.15) is 39.8 Å². The third-order valence-electron chi connectivity index (χ3n) is 5.82. The Labute approximate surface area is 195 Å². The summed E-state index contributed by atoms with van der Waals surface area (Å²) < 4.78 is 6.29. The largest absolute Gasteiger partial charge is 0.508 e. The van der Waals surface area contributed by atoms with E-state index in [0.29, 0.717) is 16.9 Å². The first-order valence-corrected chi connectivity index (χ1v) is 10.7. The van der Waals surface area contributed by atoms with Gasteiger partial charge in [0.05, 0.1) is 5.92 Å². The van der Waals surface area contributed by atoms with Gasteiger partial charge in [-0.1, -0.05) is 30.4 Å². The monoisotopic (exact) mass is 454 g/mol. The quantitative estimate of drug-likeness (QED) is 0.255. The van der Waals surface area contributed by atoms with E-state index in [-0.39, 0.29) is 34.7 Å². The van der Waals surface area contributed by atoms with Crippen molar-refractivity contribution in [3.8, 4) is 34.5 Å². The Bertz CT molecular complexity index is 1350. The molecule has 1 aliphatic rings. The topological polar surface area (TPSA) is 110 Å². The van der Waals surface area contributed by atoms with E-state index in [1.165, 1.54) is 12.1 Å². The van der Waals surface area contributed by atoms with Crippen molar-refractivity contribution in [1.29, 1.82) is 0 Å². The second kappa shape index (κ2) is 8.41. The van der Waals surface area contributed by atoms with Gasteiger partial charge in [0, 0.05) is 17.7 Å². The average Bonchev–Trinajstić information content (AvgIpc) is 3.15.